The van der Waals surface area contributed by atoms with Crippen molar-refractivity contribution in [2.24, 2.45) is 0 Å². The Morgan fingerprint density at radius 3 is 2.76 bits per heavy atom. The molecule has 0 aliphatic carbocycles. The molecule has 0 saturated heterocycles. The van der Waals surface area contributed by atoms with Crippen molar-refractivity contribution in [1.82, 2.24) is 10.2 Å². The van der Waals surface area contributed by atoms with Crippen LogP contribution in [0.25, 0.3) is 11.3 Å². The van der Waals surface area contributed by atoms with Gasteiger partial charge in [0, 0.05) is 5.56 Å². The van der Waals surface area contributed by atoms with E-state index in [1.165, 1.54) is 12.1 Å². The first kappa shape index (κ1) is 16.7. The normalized spacial score (nSPS) is 10.5. The number of carbonyl (C=O) groups is 1. The number of halogens is 1. The van der Waals surface area contributed by atoms with E-state index in [0.29, 0.717) is 23.6 Å². The highest BCUT2D eigenvalue weighted by Gasteiger charge is 2.19. The zero-order chi connectivity index (χ0) is 17.8. The number of methoxy groups -OCH3 is 1. The number of carbonyl (C=O) groups excluding carboxylic acids is 1. The fourth-order valence-corrected chi connectivity index (χ4v) is 2.57. The van der Waals surface area contributed by atoms with E-state index in [0.717, 1.165) is 11.3 Å². The van der Waals surface area contributed by atoms with E-state index >= 15 is 0 Å². The number of amides is 1. The molecule has 0 atom stereocenters. The third-order valence-electron chi connectivity index (χ3n) is 3.89. The van der Waals surface area contributed by atoms with E-state index < -0.39 is 11.7 Å². The van der Waals surface area contributed by atoms with Gasteiger partial charge in [-0.3, -0.25) is 9.89 Å². The van der Waals surface area contributed by atoms with Crippen LogP contribution in [-0.4, -0.2) is 23.2 Å². The molecular weight excluding hydrogens is 321 g/mol. The molecule has 0 unspecified atom stereocenters. The minimum atomic E-state index is -0.565. The summed E-state index contributed by atoms with van der Waals surface area (Å²) in [6, 6.07) is 13.2. The molecule has 2 aromatic carbocycles. The average Bonchev–Trinajstić information content (AvgIpc) is 3.04. The quantitative estimate of drug-likeness (QED) is 0.737. The Hall–Kier alpha value is -3.15. The average molecular weight is 339 g/mol. The number of rotatable bonds is 5. The van der Waals surface area contributed by atoms with Crippen molar-refractivity contribution in [1.29, 1.82) is 0 Å². The highest BCUT2D eigenvalue weighted by Crippen LogP contribution is 2.31. The number of aromatic amines is 1. The topological polar surface area (TPSA) is 67.0 Å². The van der Waals surface area contributed by atoms with Crippen LogP contribution in [0.2, 0.25) is 0 Å². The number of nitrogens with zero attached hydrogens (tertiary/aromatic N) is 1. The maximum Gasteiger partial charge on any atom is 0.258 e. The van der Waals surface area contributed by atoms with Crippen LogP contribution in [0.15, 0.2) is 48.5 Å². The van der Waals surface area contributed by atoms with Crippen molar-refractivity contribution in [3.63, 3.8) is 0 Å². The number of ether oxygens (including phenoxy) is 1. The first-order chi connectivity index (χ1) is 12.1. The molecule has 3 aromatic rings. The number of hydrogen-bond acceptors (Lipinski definition) is 3. The summed E-state index contributed by atoms with van der Waals surface area (Å²) in [5, 5.41) is 10.0. The number of aryl methyl sites for hydroxylation is 1. The zero-order valence-electron chi connectivity index (χ0n) is 14.0. The third kappa shape index (κ3) is 3.38. The smallest absolute Gasteiger partial charge is 0.258 e. The van der Waals surface area contributed by atoms with Crippen LogP contribution in [0.3, 0.4) is 0 Å². The fourth-order valence-electron chi connectivity index (χ4n) is 2.57. The van der Waals surface area contributed by atoms with Crippen LogP contribution in [0.1, 0.15) is 23.0 Å². The number of H-pyrrole nitrogens is 1. The van der Waals surface area contributed by atoms with Crippen molar-refractivity contribution >= 4 is 11.6 Å². The molecule has 3 rings (SSSR count). The number of anilines is 1. The zero-order valence-corrected chi connectivity index (χ0v) is 14.0. The van der Waals surface area contributed by atoms with Gasteiger partial charge in [0.05, 0.1) is 24.1 Å². The van der Waals surface area contributed by atoms with Gasteiger partial charge in [0.15, 0.2) is 0 Å². The SMILES string of the molecule is CCc1[nH]nc(-c2cccc(OC)c2)c1NC(=O)c1ccccc1F. The predicted octanol–water partition coefficient (Wildman–Crippen LogP) is 4.04. The largest absolute Gasteiger partial charge is 0.497 e. The Morgan fingerprint density at radius 2 is 2.04 bits per heavy atom. The van der Waals surface area contributed by atoms with Gasteiger partial charge in [0.1, 0.15) is 17.3 Å². The van der Waals surface area contributed by atoms with Gasteiger partial charge in [0.25, 0.3) is 5.91 Å². The first-order valence-corrected chi connectivity index (χ1v) is 7.91. The highest BCUT2D eigenvalue weighted by atomic mass is 19.1. The summed E-state index contributed by atoms with van der Waals surface area (Å²) in [4.78, 5) is 12.5. The Bertz CT molecular complexity index is 905. The van der Waals surface area contributed by atoms with Crippen LogP contribution in [0, 0.1) is 5.82 Å². The molecule has 25 heavy (non-hydrogen) atoms. The van der Waals surface area contributed by atoms with Gasteiger partial charge in [-0.25, -0.2) is 4.39 Å². The Morgan fingerprint density at radius 1 is 1.24 bits per heavy atom. The minimum absolute atomic E-state index is 0.0117. The monoisotopic (exact) mass is 339 g/mol. The van der Waals surface area contributed by atoms with Crippen molar-refractivity contribution in [3.05, 3.63) is 65.6 Å². The Labute approximate surface area is 144 Å². The van der Waals surface area contributed by atoms with Gasteiger partial charge >= 0.3 is 0 Å². The maximum atomic E-state index is 13.9. The summed E-state index contributed by atoms with van der Waals surface area (Å²) in [6.45, 7) is 1.95. The second kappa shape index (κ2) is 7.17. The summed E-state index contributed by atoms with van der Waals surface area (Å²) in [6.07, 6.45) is 0.643. The van der Waals surface area contributed by atoms with Gasteiger partial charge < -0.3 is 10.1 Å². The van der Waals surface area contributed by atoms with Crippen molar-refractivity contribution in [3.8, 4) is 17.0 Å². The van der Waals surface area contributed by atoms with Crippen molar-refractivity contribution < 1.29 is 13.9 Å². The second-order valence-electron chi connectivity index (χ2n) is 5.45. The number of benzene rings is 2. The lowest BCUT2D eigenvalue weighted by Gasteiger charge is -2.09. The molecule has 5 nitrogen and oxygen atoms in total. The highest BCUT2D eigenvalue weighted by molar-refractivity contribution is 6.06. The molecule has 1 heterocycles. The van der Waals surface area contributed by atoms with Crippen LogP contribution < -0.4 is 10.1 Å². The van der Waals surface area contributed by atoms with Gasteiger partial charge in [0.2, 0.25) is 0 Å². The number of hydrogen-bond donors (Lipinski definition) is 2. The summed E-state index contributed by atoms with van der Waals surface area (Å²) in [7, 11) is 1.59. The van der Waals surface area contributed by atoms with E-state index in [1.54, 1.807) is 19.2 Å². The van der Waals surface area contributed by atoms with E-state index in [9.17, 15) is 9.18 Å². The van der Waals surface area contributed by atoms with Crippen molar-refractivity contribution in [2.45, 2.75) is 13.3 Å². The standard InChI is InChI=1S/C19H18FN3O2/c1-3-16-18(21-19(24)14-9-4-5-10-15(14)20)17(23-22-16)12-7-6-8-13(11-12)25-2/h4-11H,3H2,1-2H3,(H,21,24)(H,22,23). The molecule has 6 heteroatoms. The van der Waals surface area contributed by atoms with Gasteiger partial charge in [-0.1, -0.05) is 31.2 Å². The lowest BCUT2D eigenvalue weighted by atomic mass is 10.1. The molecule has 128 valence electrons. The lowest BCUT2D eigenvalue weighted by Crippen LogP contribution is -2.15. The molecule has 1 aromatic heterocycles. The van der Waals surface area contributed by atoms with Crippen LogP contribution >= 0.6 is 0 Å². The lowest BCUT2D eigenvalue weighted by molar-refractivity contribution is 0.102. The summed E-state index contributed by atoms with van der Waals surface area (Å²) in [5.74, 6) is -0.396. The molecular formula is C19H18FN3O2. The summed E-state index contributed by atoms with van der Waals surface area (Å²) in [5.41, 5.74) is 2.67. The summed E-state index contributed by atoms with van der Waals surface area (Å²) < 4.78 is 19.1. The molecule has 0 fully saturated rings. The molecule has 0 aliphatic rings. The van der Waals surface area contributed by atoms with E-state index in [2.05, 4.69) is 15.5 Å². The Balaban J connectivity index is 1.99. The molecule has 0 aliphatic heterocycles. The van der Waals surface area contributed by atoms with Gasteiger partial charge in [-0.15, -0.1) is 0 Å². The van der Waals surface area contributed by atoms with Gasteiger partial charge in [-0.05, 0) is 30.7 Å². The maximum absolute atomic E-state index is 13.9. The van der Waals surface area contributed by atoms with Crippen LogP contribution in [-0.2, 0) is 6.42 Å². The minimum Gasteiger partial charge on any atom is -0.497 e. The van der Waals surface area contributed by atoms with Crippen LogP contribution in [0.4, 0.5) is 10.1 Å². The molecule has 1 amide bonds. The van der Waals surface area contributed by atoms with E-state index in [-0.39, 0.29) is 5.56 Å². The second-order valence-corrected chi connectivity index (χ2v) is 5.45. The van der Waals surface area contributed by atoms with E-state index in [1.807, 2.05) is 31.2 Å². The van der Waals surface area contributed by atoms with E-state index in [4.69, 9.17) is 4.74 Å². The predicted molar refractivity (Wildman–Crippen MR) is 94.3 cm³/mol. The number of nitrogens with one attached hydrogen (secondary N) is 2. The third-order valence-corrected chi connectivity index (χ3v) is 3.89. The molecule has 0 bridgehead atoms. The number of aromatic nitrogens is 2. The van der Waals surface area contributed by atoms with Gasteiger partial charge in [-0.2, -0.15) is 5.10 Å². The van der Waals surface area contributed by atoms with Crippen molar-refractivity contribution in [2.75, 3.05) is 12.4 Å². The Kier molecular flexibility index (Phi) is 4.79. The fraction of sp³-hybridized carbons (Fsp3) is 0.158. The first-order valence-electron chi connectivity index (χ1n) is 7.91. The molecule has 0 radical (unpaired) electrons. The summed E-state index contributed by atoms with van der Waals surface area (Å²) >= 11 is 0. The van der Waals surface area contributed by atoms with Crippen LogP contribution in [0.5, 0.6) is 5.75 Å². The molecule has 0 saturated carbocycles. The molecule has 0 spiro atoms. The molecule has 2 N–H and O–H groups in total.